The van der Waals surface area contributed by atoms with E-state index in [2.05, 4.69) is 0 Å². The number of hydrogen-bond acceptors (Lipinski definition) is 8. The number of rotatable bonds is 7. The number of nitrogens with two attached hydrogens (primary N) is 1. The van der Waals surface area contributed by atoms with Gasteiger partial charge in [0.1, 0.15) is 11.4 Å². The Morgan fingerprint density at radius 2 is 2.10 bits per heavy atom. The van der Waals surface area contributed by atoms with Crippen molar-refractivity contribution < 1.29 is 19.1 Å². The molecule has 0 aliphatic carbocycles. The first-order valence-corrected chi connectivity index (χ1v) is 9.99. The number of aromatic amines is 1. The summed E-state index contributed by atoms with van der Waals surface area (Å²) < 4.78 is 11.6. The number of nitrogens with one attached hydrogen (secondary N) is 1. The summed E-state index contributed by atoms with van der Waals surface area (Å²) in [7, 11) is 1.32. The first-order valence-electron chi connectivity index (χ1n) is 9.01. The van der Waals surface area contributed by atoms with Gasteiger partial charge in [-0.25, -0.2) is 9.59 Å². The second kappa shape index (κ2) is 9.10. The Bertz CT molecular complexity index is 1040. The molecule has 1 aliphatic heterocycles. The lowest BCUT2D eigenvalue weighted by Gasteiger charge is -2.12. The third-order valence-corrected chi connectivity index (χ3v) is 5.74. The predicted molar refractivity (Wildman–Crippen MR) is 107 cm³/mol. The van der Waals surface area contributed by atoms with Crippen LogP contribution in [0.5, 0.6) is 0 Å². The van der Waals surface area contributed by atoms with Crippen LogP contribution >= 0.6 is 11.8 Å². The van der Waals surface area contributed by atoms with E-state index in [-0.39, 0.29) is 11.9 Å². The molecule has 1 atom stereocenters. The first-order chi connectivity index (χ1) is 13.9. The molecule has 29 heavy (non-hydrogen) atoms. The van der Waals surface area contributed by atoms with Crippen molar-refractivity contribution in [2.75, 3.05) is 24.7 Å². The van der Waals surface area contributed by atoms with Crippen LogP contribution in [0.2, 0.25) is 0 Å². The second-order valence-electron chi connectivity index (χ2n) is 6.52. The topological polar surface area (TPSA) is 133 Å². The van der Waals surface area contributed by atoms with Gasteiger partial charge in [0, 0.05) is 24.3 Å². The Morgan fingerprint density at radius 3 is 2.83 bits per heavy atom. The molecule has 1 aromatic heterocycles. The number of carbonyl (C=O) groups is 2. The van der Waals surface area contributed by atoms with Gasteiger partial charge in [0.25, 0.3) is 5.56 Å². The lowest BCUT2D eigenvalue weighted by atomic mass is 10.2. The number of benzene rings is 1. The van der Waals surface area contributed by atoms with E-state index >= 15 is 0 Å². The molecule has 1 fully saturated rings. The normalized spacial score (nSPS) is 16.0. The number of ether oxygens (including phenoxy) is 2. The fourth-order valence-electron chi connectivity index (χ4n) is 2.91. The molecule has 0 saturated carbocycles. The number of carbonyl (C=O) groups excluding carboxylic acids is 2. The highest BCUT2D eigenvalue weighted by molar-refractivity contribution is 7.99. The number of nitrogen functional groups attached to an aromatic ring is 1. The van der Waals surface area contributed by atoms with Gasteiger partial charge in [0.15, 0.2) is 6.61 Å². The zero-order valence-corrected chi connectivity index (χ0v) is 16.6. The van der Waals surface area contributed by atoms with Gasteiger partial charge in [-0.1, -0.05) is 12.1 Å². The summed E-state index contributed by atoms with van der Waals surface area (Å²) in [5.74, 6) is -1.05. The lowest BCUT2D eigenvalue weighted by molar-refractivity contribution is 0.0471. The molecule has 0 radical (unpaired) electrons. The third-order valence-electron chi connectivity index (χ3n) is 4.54. The molecule has 2 aromatic rings. The zero-order chi connectivity index (χ0) is 21.0. The van der Waals surface area contributed by atoms with Crippen molar-refractivity contribution in [1.82, 2.24) is 9.55 Å². The number of Topliss-reactive ketones (excluding diaryl/α,β-unsaturated/α-hetero) is 1. The molecule has 3 N–H and O–H groups in total. The number of H-pyrrole nitrogens is 1. The van der Waals surface area contributed by atoms with Crippen LogP contribution in [-0.4, -0.2) is 46.4 Å². The molecule has 0 bridgehead atoms. The van der Waals surface area contributed by atoms with E-state index in [1.807, 2.05) is 11.1 Å². The van der Waals surface area contributed by atoms with Crippen LogP contribution in [0.4, 0.5) is 5.82 Å². The average Bonchev–Trinajstić information content (AvgIpc) is 3.22. The second-order valence-corrected chi connectivity index (χ2v) is 7.58. The minimum absolute atomic E-state index is 0.157. The maximum Gasteiger partial charge on any atom is 0.339 e. The Balaban J connectivity index is 1.68. The van der Waals surface area contributed by atoms with Gasteiger partial charge in [-0.05, 0) is 25.0 Å². The molecule has 10 heteroatoms. The molecule has 1 aliphatic rings. The Hall–Kier alpha value is -2.85. The summed E-state index contributed by atoms with van der Waals surface area (Å²) in [6, 6.07) is 6.92. The largest absolute Gasteiger partial charge is 0.454 e. The van der Waals surface area contributed by atoms with Crippen molar-refractivity contribution in [3.8, 4) is 0 Å². The number of aromatic nitrogens is 2. The van der Waals surface area contributed by atoms with Crippen molar-refractivity contribution in [2.24, 2.45) is 7.05 Å². The summed E-state index contributed by atoms with van der Waals surface area (Å²) >= 11 is 1.49. The molecule has 3 rings (SSSR count). The number of nitrogens with zero attached hydrogens (tertiary/aromatic N) is 1. The van der Waals surface area contributed by atoms with Crippen LogP contribution in [0.1, 0.15) is 33.6 Å². The van der Waals surface area contributed by atoms with E-state index in [0.717, 1.165) is 28.9 Å². The first kappa shape index (κ1) is 20.9. The quantitative estimate of drug-likeness (QED) is 0.385. The lowest BCUT2D eigenvalue weighted by Crippen LogP contribution is -2.35. The molecule has 2 heterocycles. The van der Waals surface area contributed by atoms with Gasteiger partial charge in [0.05, 0.1) is 11.7 Å². The number of anilines is 1. The number of thioether (sulfide) groups is 1. The van der Waals surface area contributed by atoms with E-state index in [1.165, 1.54) is 18.8 Å². The van der Waals surface area contributed by atoms with Crippen LogP contribution in [-0.2, 0) is 16.5 Å². The molecule has 9 nitrogen and oxygen atoms in total. The van der Waals surface area contributed by atoms with Crippen molar-refractivity contribution in [2.45, 2.75) is 23.8 Å². The van der Waals surface area contributed by atoms with E-state index in [4.69, 9.17) is 15.2 Å². The monoisotopic (exact) mass is 419 g/mol. The summed E-state index contributed by atoms with van der Waals surface area (Å²) in [6.45, 7) is 0.0828. The fourth-order valence-corrected chi connectivity index (χ4v) is 4.02. The van der Waals surface area contributed by atoms with Gasteiger partial charge in [-0.15, -0.1) is 11.8 Å². The molecular formula is C19H21N3O6S. The molecule has 1 saturated heterocycles. The number of hydrogen-bond donors (Lipinski definition) is 2. The highest BCUT2D eigenvalue weighted by Crippen LogP contribution is 2.27. The van der Waals surface area contributed by atoms with Gasteiger partial charge in [-0.2, -0.15) is 0 Å². The van der Waals surface area contributed by atoms with Gasteiger partial charge >= 0.3 is 11.7 Å². The van der Waals surface area contributed by atoms with Crippen LogP contribution in [0.3, 0.4) is 0 Å². The Labute approximate surface area is 170 Å². The molecular weight excluding hydrogens is 398 g/mol. The highest BCUT2D eigenvalue weighted by atomic mass is 32.2. The Kier molecular flexibility index (Phi) is 6.55. The van der Waals surface area contributed by atoms with E-state index in [9.17, 15) is 19.2 Å². The van der Waals surface area contributed by atoms with Crippen LogP contribution < -0.4 is 17.0 Å². The summed E-state index contributed by atoms with van der Waals surface area (Å²) in [6.07, 6.45) is 2.18. The van der Waals surface area contributed by atoms with E-state index < -0.39 is 35.2 Å². The van der Waals surface area contributed by atoms with Crippen LogP contribution in [0.25, 0.3) is 0 Å². The summed E-state index contributed by atoms with van der Waals surface area (Å²) in [5.41, 5.74) is 3.95. The third kappa shape index (κ3) is 4.77. The molecule has 0 amide bonds. The minimum Gasteiger partial charge on any atom is -0.454 e. The van der Waals surface area contributed by atoms with Gasteiger partial charge in [0.2, 0.25) is 5.78 Å². The zero-order valence-electron chi connectivity index (χ0n) is 15.8. The van der Waals surface area contributed by atoms with Crippen LogP contribution in [0.15, 0.2) is 38.8 Å². The molecule has 0 unspecified atom stereocenters. The highest BCUT2D eigenvalue weighted by Gasteiger charge is 2.22. The smallest absolute Gasteiger partial charge is 0.339 e. The Morgan fingerprint density at radius 1 is 1.34 bits per heavy atom. The maximum atomic E-state index is 12.5. The standard InChI is InChI=1S/C19H21N3O6S/c1-22-16(20)15(17(24)21-19(22)26)13(23)9-28-18(25)12-6-2-3-7-14(12)29-10-11-5-4-8-27-11/h2-3,6-7,11H,4-5,8-10,20H2,1H3,(H,21,24,26)/t11-/m1/s1. The van der Waals surface area contributed by atoms with E-state index in [1.54, 1.807) is 18.2 Å². The number of ketones is 1. The summed E-state index contributed by atoms with van der Waals surface area (Å²) in [4.78, 5) is 51.0. The predicted octanol–water partition coefficient (Wildman–Crippen LogP) is 0.967. The van der Waals surface area contributed by atoms with Crippen molar-refractivity contribution in [3.63, 3.8) is 0 Å². The van der Waals surface area contributed by atoms with Gasteiger partial charge in [-0.3, -0.25) is 19.1 Å². The molecule has 154 valence electrons. The van der Waals surface area contributed by atoms with Crippen LogP contribution in [0, 0.1) is 0 Å². The van der Waals surface area contributed by atoms with Gasteiger partial charge < -0.3 is 15.2 Å². The van der Waals surface area contributed by atoms with Crippen molar-refractivity contribution in [1.29, 1.82) is 0 Å². The molecule has 0 spiro atoms. The van der Waals surface area contributed by atoms with Crippen molar-refractivity contribution in [3.05, 3.63) is 56.2 Å². The average molecular weight is 419 g/mol. The maximum absolute atomic E-state index is 12.5. The van der Waals surface area contributed by atoms with Crippen molar-refractivity contribution >= 4 is 29.3 Å². The number of esters is 1. The fraction of sp³-hybridized carbons (Fsp3) is 0.368. The SMILES string of the molecule is Cn1c(N)c(C(=O)COC(=O)c2ccccc2SC[C@H]2CCCO2)c(=O)[nH]c1=O. The molecule has 1 aromatic carbocycles. The minimum atomic E-state index is -0.917. The summed E-state index contributed by atoms with van der Waals surface area (Å²) in [5, 5.41) is 0. The van der Waals surface area contributed by atoms with E-state index in [0.29, 0.717) is 11.3 Å².